The smallest absolute Gasteiger partial charge is 0.339 e. The number of hydrogen-bond donors (Lipinski definition) is 0. The van der Waals surface area contributed by atoms with E-state index in [0.29, 0.717) is 5.56 Å². The van der Waals surface area contributed by atoms with Crippen molar-refractivity contribution in [2.24, 2.45) is 0 Å². The maximum atomic E-state index is 12.5. The Balaban J connectivity index is 1.82. The van der Waals surface area contributed by atoms with Gasteiger partial charge in [0.1, 0.15) is 6.61 Å². The summed E-state index contributed by atoms with van der Waals surface area (Å²) in [6.07, 6.45) is 0. The van der Waals surface area contributed by atoms with Crippen LogP contribution in [0.5, 0.6) is 0 Å². The van der Waals surface area contributed by atoms with Gasteiger partial charge in [0.2, 0.25) is 0 Å². The zero-order chi connectivity index (χ0) is 16.1. The monoisotopic (exact) mass is 366 g/mol. The van der Waals surface area contributed by atoms with E-state index in [4.69, 9.17) is 4.74 Å². The molecular formula is C20H15BrO2. The zero-order valence-electron chi connectivity index (χ0n) is 12.4. The van der Waals surface area contributed by atoms with Gasteiger partial charge < -0.3 is 4.74 Å². The molecule has 0 spiro atoms. The van der Waals surface area contributed by atoms with E-state index in [-0.39, 0.29) is 12.6 Å². The third kappa shape index (κ3) is 3.69. The molecule has 0 aliphatic rings. The summed E-state index contributed by atoms with van der Waals surface area (Å²) >= 11 is 3.46. The maximum Gasteiger partial charge on any atom is 0.339 e. The Morgan fingerprint density at radius 3 is 2.26 bits per heavy atom. The lowest BCUT2D eigenvalue weighted by Gasteiger charge is -2.10. The van der Waals surface area contributed by atoms with Crippen LogP contribution in [0, 0.1) is 0 Å². The molecule has 0 amide bonds. The van der Waals surface area contributed by atoms with Gasteiger partial charge in [-0.1, -0.05) is 82.7 Å². The van der Waals surface area contributed by atoms with Crippen molar-refractivity contribution in [3.63, 3.8) is 0 Å². The van der Waals surface area contributed by atoms with Crippen LogP contribution in [0.25, 0.3) is 11.1 Å². The van der Waals surface area contributed by atoms with Gasteiger partial charge in [-0.05, 0) is 23.3 Å². The second-order valence-corrected chi connectivity index (χ2v) is 5.93. The average molecular weight is 367 g/mol. The van der Waals surface area contributed by atoms with Crippen LogP contribution in [-0.2, 0) is 11.3 Å². The highest BCUT2D eigenvalue weighted by molar-refractivity contribution is 9.10. The highest BCUT2D eigenvalue weighted by Gasteiger charge is 2.14. The van der Waals surface area contributed by atoms with Crippen molar-refractivity contribution in [1.82, 2.24) is 0 Å². The van der Waals surface area contributed by atoms with Gasteiger partial charge in [0.15, 0.2) is 0 Å². The van der Waals surface area contributed by atoms with E-state index < -0.39 is 0 Å². The SMILES string of the molecule is O=C(OCc1ccccc1Br)c1ccccc1-c1ccccc1. The molecule has 0 heterocycles. The lowest BCUT2D eigenvalue weighted by molar-refractivity contribution is 0.0473. The minimum absolute atomic E-state index is 0.239. The molecule has 0 unspecified atom stereocenters. The zero-order valence-corrected chi connectivity index (χ0v) is 14.0. The predicted octanol–water partition coefficient (Wildman–Crippen LogP) is 5.47. The second kappa shape index (κ2) is 7.25. The van der Waals surface area contributed by atoms with Crippen LogP contribution in [0.3, 0.4) is 0 Å². The lowest BCUT2D eigenvalue weighted by atomic mass is 10.00. The van der Waals surface area contributed by atoms with Crippen LogP contribution >= 0.6 is 15.9 Å². The van der Waals surface area contributed by atoms with Gasteiger partial charge >= 0.3 is 5.97 Å². The molecule has 0 atom stereocenters. The Kier molecular flexibility index (Phi) is 4.89. The fourth-order valence-electron chi connectivity index (χ4n) is 2.37. The molecule has 0 radical (unpaired) electrons. The predicted molar refractivity (Wildman–Crippen MR) is 95.1 cm³/mol. The minimum atomic E-state index is -0.319. The molecule has 3 rings (SSSR count). The van der Waals surface area contributed by atoms with Crippen LogP contribution < -0.4 is 0 Å². The van der Waals surface area contributed by atoms with E-state index in [9.17, 15) is 4.79 Å². The number of ether oxygens (including phenoxy) is 1. The molecule has 23 heavy (non-hydrogen) atoms. The number of benzene rings is 3. The molecule has 3 heteroatoms. The maximum absolute atomic E-state index is 12.5. The van der Waals surface area contributed by atoms with Crippen molar-refractivity contribution in [3.05, 3.63) is 94.5 Å². The summed E-state index contributed by atoms with van der Waals surface area (Å²) in [4.78, 5) is 12.5. The van der Waals surface area contributed by atoms with Gasteiger partial charge in [0.05, 0.1) is 5.56 Å². The number of carbonyl (C=O) groups excluding carboxylic acids is 1. The van der Waals surface area contributed by atoms with Crippen LogP contribution in [-0.4, -0.2) is 5.97 Å². The van der Waals surface area contributed by atoms with E-state index in [1.165, 1.54) is 0 Å². The topological polar surface area (TPSA) is 26.3 Å². The van der Waals surface area contributed by atoms with Gasteiger partial charge in [-0.3, -0.25) is 0 Å². The highest BCUT2D eigenvalue weighted by Crippen LogP contribution is 2.25. The highest BCUT2D eigenvalue weighted by atomic mass is 79.9. The van der Waals surface area contributed by atoms with E-state index in [1.807, 2.05) is 72.8 Å². The van der Waals surface area contributed by atoms with Crippen molar-refractivity contribution < 1.29 is 9.53 Å². The summed E-state index contributed by atoms with van der Waals surface area (Å²) in [7, 11) is 0. The summed E-state index contributed by atoms with van der Waals surface area (Å²) in [5, 5.41) is 0. The third-order valence-corrected chi connectivity index (χ3v) is 4.32. The summed E-state index contributed by atoms with van der Waals surface area (Å²) in [6, 6.07) is 25.1. The molecule has 0 bridgehead atoms. The fourth-order valence-corrected chi connectivity index (χ4v) is 2.77. The fraction of sp³-hybridized carbons (Fsp3) is 0.0500. The number of esters is 1. The number of carbonyl (C=O) groups is 1. The van der Waals surface area contributed by atoms with Gasteiger partial charge in [0.25, 0.3) is 0 Å². The van der Waals surface area contributed by atoms with E-state index in [1.54, 1.807) is 6.07 Å². The largest absolute Gasteiger partial charge is 0.457 e. The Morgan fingerprint density at radius 1 is 0.826 bits per heavy atom. The average Bonchev–Trinajstić information content (AvgIpc) is 2.61. The molecule has 114 valence electrons. The van der Waals surface area contributed by atoms with Crippen LogP contribution in [0.4, 0.5) is 0 Å². The Morgan fingerprint density at radius 2 is 1.48 bits per heavy atom. The summed E-state index contributed by atoms with van der Waals surface area (Å²) < 4.78 is 6.42. The number of hydrogen-bond acceptors (Lipinski definition) is 2. The normalized spacial score (nSPS) is 10.3. The Bertz CT molecular complexity index is 813. The van der Waals surface area contributed by atoms with Gasteiger partial charge in [0, 0.05) is 10.0 Å². The van der Waals surface area contributed by atoms with Gasteiger partial charge in [-0.25, -0.2) is 4.79 Å². The molecule has 0 N–H and O–H groups in total. The first kappa shape index (κ1) is 15.5. The molecule has 0 saturated carbocycles. The number of halogens is 1. The first-order chi connectivity index (χ1) is 11.3. The van der Waals surface area contributed by atoms with Crippen molar-refractivity contribution in [1.29, 1.82) is 0 Å². The first-order valence-corrected chi connectivity index (χ1v) is 8.10. The second-order valence-electron chi connectivity index (χ2n) is 5.08. The lowest BCUT2D eigenvalue weighted by Crippen LogP contribution is -2.07. The van der Waals surface area contributed by atoms with E-state index in [2.05, 4.69) is 15.9 Å². The molecule has 0 aliphatic carbocycles. The van der Waals surface area contributed by atoms with Gasteiger partial charge in [-0.2, -0.15) is 0 Å². The Hall–Kier alpha value is -2.39. The summed E-state index contributed by atoms with van der Waals surface area (Å²) in [6.45, 7) is 0.239. The van der Waals surface area contributed by atoms with Crippen molar-refractivity contribution in [3.8, 4) is 11.1 Å². The third-order valence-electron chi connectivity index (χ3n) is 3.55. The first-order valence-electron chi connectivity index (χ1n) is 7.30. The molecule has 2 nitrogen and oxygen atoms in total. The van der Waals surface area contributed by atoms with Crippen molar-refractivity contribution >= 4 is 21.9 Å². The van der Waals surface area contributed by atoms with Crippen molar-refractivity contribution in [2.45, 2.75) is 6.61 Å². The molecule has 3 aromatic rings. The van der Waals surface area contributed by atoms with Crippen molar-refractivity contribution in [2.75, 3.05) is 0 Å². The summed E-state index contributed by atoms with van der Waals surface area (Å²) in [5.74, 6) is -0.319. The molecular weight excluding hydrogens is 352 g/mol. The van der Waals surface area contributed by atoms with Crippen LogP contribution in [0.1, 0.15) is 15.9 Å². The standard InChI is InChI=1S/C20H15BrO2/c21-19-13-7-4-10-16(19)14-23-20(22)18-12-6-5-11-17(18)15-8-2-1-3-9-15/h1-13H,14H2. The van der Waals surface area contributed by atoms with Crippen LogP contribution in [0.15, 0.2) is 83.3 Å². The molecule has 0 aliphatic heterocycles. The molecule has 3 aromatic carbocycles. The van der Waals surface area contributed by atoms with E-state index >= 15 is 0 Å². The van der Waals surface area contributed by atoms with E-state index in [0.717, 1.165) is 21.2 Å². The minimum Gasteiger partial charge on any atom is -0.457 e. The number of rotatable bonds is 4. The van der Waals surface area contributed by atoms with Crippen LogP contribution in [0.2, 0.25) is 0 Å². The Labute approximate surface area is 143 Å². The van der Waals surface area contributed by atoms with Gasteiger partial charge in [-0.15, -0.1) is 0 Å². The molecule has 0 saturated heterocycles. The molecule has 0 fully saturated rings. The quantitative estimate of drug-likeness (QED) is 0.572. The summed E-state index contributed by atoms with van der Waals surface area (Å²) in [5.41, 5.74) is 3.40. The molecule has 0 aromatic heterocycles.